The lowest BCUT2D eigenvalue weighted by atomic mass is 10.2. The summed E-state index contributed by atoms with van der Waals surface area (Å²) < 4.78 is 17.7. The van der Waals surface area contributed by atoms with E-state index < -0.39 is 0 Å². The van der Waals surface area contributed by atoms with Crippen LogP contribution in [-0.2, 0) is 9.53 Å². The van der Waals surface area contributed by atoms with Gasteiger partial charge in [-0.3, -0.25) is 9.59 Å². The zero-order chi connectivity index (χ0) is 17.0. The van der Waals surface area contributed by atoms with Gasteiger partial charge in [0, 0.05) is 23.2 Å². The maximum absolute atomic E-state index is 11.5. The van der Waals surface area contributed by atoms with Crippen LogP contribution in [0.5, 0.6) is 5.75 Å². The van der Waals surface area contributed by atoms with E-state index in [2.05, 4.69) is 31.9 Å². The van der Waals surface area contributed by atoms with Gasteiger partial charge in [0.2, 0.25) is 0 Å². The maximum Gasteiger partial charge on any atom is 0.305 e. The molecule has 0 saturated carbocycles. The Bertz CT molecular complexity index is 736. The van der Waals surface area contributed by atoms with E-state index in [9.17, 15) is 9.59 Å². The summed E-state index contributed by atoms with van der Waals surface area (Å²) in [6.07, 6.45) is 0.824. The first-order valence-corrected chi connectivity index (χ1v) is 8.73. The Morgan fingerprint density at radius 2 is 1.96 bits per heavy atom. The lowest BCUT2D eigenvalue weighted by Gasteiger charge is -2.09. The smallest absolute Gasteiger partial charge is 0.305 e. The Balaban J connectivity index is 2.16. The van der Waals surface area contributed by atoms with Crippen molar-refractivity contribution in [2.75, 3.05) is 13.2 Å². The van der Waals surface area contributed by atoms with Crippen LogP contribution in [0.15, 0.2) is 25.5 Å². The van der Waals surface area contributed by atoms with E-state index in [1.807, 2.05) is 6.07 Å². The number of Topliss-reactive ketones (excluding diaryl/α,β-unsaturated/α-hetero) is 1. The highest BCUT2D eigenvalue weighted by Crippen LogP contribution is 2.40. The maximum atomic E-state index is 11.5. The molecule has 1 aromatic heterocycles. The summed E-state index contributed by atoms with van der Waals surface area (Å²) in [7, 11) is 0. The fourth-order valence-corrected chi connectivity index (χ4v) is 3.39. The van der Waals surface area contributed by atoms with Gasteiger partial charge < -0.3 is 13.9 Å². The first-order valence-electron chi connectivity index (χ1n) is 7.15. The summed E-state index contributed by atoms with van der Waals surface area (Å²) in [5, 5.41) is 0.763. The summed E-state index contributed by atoms with van der Waals surface area (Å²) in [6, 6.07) is 3.52. The van der Waals surface area contributed by atoms with Crippen LogP contribution >= 0.6 is 31.9 Å². The van der Waals surface area contributed by atoms with Gasteiger partial charge in [-0.15, -0.1) is 0 Å². The summed E-state index contributed by atoms with van der Waals surface area (Å²) in [5.41, 5.74) is 0.493. The molecule has 124 valence electrons. The molecule has 0 spiro atoms. The van der Waals surface area contributed by atoms with Gasteiger partial charge in [0.25, 0.3) is 0 Å². The third-order valence-corrected chi connectivity index (χ3v) is 4.34. The predicted molar refractivity (Wildman–Crippen MR) is 93.0 cm³/mol. The van der Waals surface area contributed by atoms with Crippen LogP contribution in [0, 0.1) is 0 Å². The van der Waals surface area contributed by atoms with Gasteiger partial charge in [0.1, 0.15) is 0 Å². The molecule has 0 fully saturated rings. The number of ketones is 1. The molecule has 23 heavy (non-hydrogen) atoms. The van der Waals surface area contributed by atoms with Crippen LogP contribution < -0.4 is 4.74 Å². The van der Waals surface area contributed by atoms with E-state index >= 15 is 0 Å². The molecular weight excluding hydrogens is 432 g/mol. The average molecular weight is 448 g/mol. The van der Waals surface area contributed by atoms with E-state index in [1.54, 1.807) is 13.0 Å². The average Bonchev–Trinajstić information content (AvgIpc) is 2.92. The molecule has 0 amide bonds. The number of furan rings is 1. The zero-order valence-electron chi connectivity index (χ0n) is 12.8. The third-order valence-electron chi connectivity index (χ3n) is 3.09. The van der Waals surface area contributed by atoms with Crippen molar-refractivity contribution in [2.24, 2.45) is 0 Å². The van der Waals surface area contributed by atoms with Gasteiger partial charge >= 0.3 is 5.97 Å². The van der Waals surface area contributed by atoms with Gasteiger partial charge in [-0.1, -0.05) is 0 Å². The van der Waals surface area contributed by atoms with Gasteiger partial charge in [0.15, 0.2) is 22.9 Å². The number of halogens is 2. The summed E-state index contributed by atoms with van der Waals surface area (Å²) in [6.45, 7) is 3.93. The molecule has 1 aromatic carbocycles. The van der Waals surface area contributed by atoms with Crippen LogP contribution in [-0.4, -0.2) is 25.0 Å². The molecular formula is C16H16Br2O5. The van der Waals surface area contributed by atoms with E-state index in [1.165, 1.54) is 6.92 Å². The van der Waals surface area contributed by atoms with Crippen LogP contribution in [0.2, 0.25) is 0 Å². The molecule has 7 heteroatoms. The lowest BCUT2D eigenvalue weighted by molar-refractivity contribution is -0.143. The van der Waals surface area contributed by atoms with Crippen molar-refractivity contribution in [2.45, 2.75) is 26.7 Å². The predicted octanol–water partition coefficient (Wildman–Crippen LogP) is 4.88. The van der Waals surface area contributed by atoms with E-state index in [0.29, 0.717) is 41.9 Å². The minimum absolute atomic E-state index is 0.155. The molecule has 2 aromatic rings. The second-order valence-corrected chi connectivity index (χ2v) is 6.54. The number of hydrogen-bond acceptors (Lipinski definition) is 5. The Labute approximate surface area is 150 Å². The van der Waals surface area contributed by atoms with E-state index in [4.69, 9.17) is 13.9 Å². The Hall–Kier alpha value is -1.34. The normalized spacial score (nSPS) is 10.8. The van der Waals surface area contributed by atoms with Crippen molar-refractivity contribution in [3.8, 4) is 5.75 Å². The standard InChI is InChI=1S/C16H16Br2O5/c1-3-21-14(20)5-4-6-22-16-12(18)8-11(17)10-7-13(9(2)19)23-15(10)16/h7-8H,3-6H2,1-2H3. The zero-order valence-corrected chi connectivity index (χ0v) is 16.0. The van der Waals surface area contributed by atoms with E-state index in [-0.39, 0.29) is 17.5 Å². The number of esters is 1. The first kappa shape index (κ1) is 18.0. The monoisotopic (exact) mass is 446 g/mol. The molecule has 0 aliphatic heterocycles. The van der Waals surface area contributed by atoms with Gasteiger partial charge in [-0.2, -0.15) is 0 Å². The topological polar surface area (TPSA) is 65.7 Å². The fourth-order valence-electron chi connectivity index (χ4n) is 2.03. The van der Waals surface area contributed by atoms with Crippen molar-refractivity contribution in [1.82, 2.24) is 0 Å². The number of ether oxygens (including phenoxy) is 2. The molecule has 0 aliphatic carbocycles. The highest BCUT2D eigenvalue weighted by atomic mass is 79.9. The SMILES string of the molecule is CCOC(=O)CCCOc1c(Br)cc(Br)c2cc(C(C)=O)oc12. The second-order valence-electron chi connectivity index (χ2n) is 4.84. The summed E-state index contributed by atoms with van der Waals surface area (Å²) in [4.78, 5) is 22.8. The molecule has 0 N–H and O–H groups in total. The Morgan fingerprint density at radius 1 is 1.22 bits per heavy atom. The molecule has 0 unspecified atom stereocenters. The van der Waals surface area contributed by atoms with Crippen LogP contribution in [0.4, 0.5) is 0 Å². The van der Waals surface area contributed by atoms with Gasteiger partial charge in [0.05, 0.1) is 17.7 Å². The van der Waals surface area contributed by atoms with Crippen molar-refractivity contribution < 1.29 is 23.5 Å². The minimum Gasteiger partial charge on any atom is -0.488 e. The highest BCUT2D eigenvalue weighted by Gasteiger charge is 2.18. The number of hydrogen-bond donors (Lipinski definition) is 0. The van der Waals surface area contributed by atoms with Crippen LogP contribution in [0.1, 0.15) is 37.2 Å². The summed E-state index contributed by atoms with van der Waals surface area (Å²) in [5.74, 6) is 0.389. The number of benzene rings is 1. The molecule has 1 heterocycles. The second kappa shape index (κ2) is 7.97. The van der Waals surface area contributed by atoms with Crippen molar-refractivity contribution in [3.63, 3.8) is 0 Å². The number of fused-ring (bicyclic) bond motifs is 1. The molecule has 0 atom stereocenters. The van der Waals surface area contributed by atoms with Crippen LogP contribution in [0.25, 0.3) is 11.0 Å². The quantitative estimate of drug-likeness (QED) is 0.343. The fraction of sp³-hybridized carbons (Fsp3) is 0.375. The van der Waals surface area contributed by atoms with Crippen molar-refractivity contribution in [1.29, 1.82) is 0 Å². The molecule has 0 radical (unpaired) electrons. The minimum atomic E-state index is -0.243. The van der Waals surface area contributed by atoms with Crippen LogP contribution in [0.3, 0.4) is 0 Å². The van der Waals surface area contributed by atoms with E-state index in [0.717, 1.165) is 9.86 Å². The van der Waals surface area contributed by atoms with Crippen molar-refractivity contribution in [3.05, 3.63) is 26.8 Å². The van der Waals surface area contributed by atoms with Gasteiger partial charge in [-0.05, 0) is 57.3 Å². The molecule has 2 rings (SSSR count). The lowest BCUT2D eigenvalue weighted by Crippen LogP contribution is -2.07. The molecule has 0 bridgehead atoms. The molecule has 0 saturated heterocycles. The Morgan fingerprint density at radius 3 is 2.61 bits per heavy atom. The molecule has 0 aliphatic rings. The number of rotatable bonds is 7. The number of carbonyl (C=O) groups is 2. The third kappa shape index (κ3) is 4.35. The molecule has 5 nitrogen and oxygen atoms in total. The summed E-state index contributed by atoms with van der Waals surface area (Å²) >= 11 is 6.87. The van der Waals surface area contributed by atoms with Crippen molar-refractivity contribution >= 4 is 54.6 Å². The largest absolute Gasteiger partial charge is 0.488 e. The van der Waals surface area contributed by atoms with Gasteiger partial charge in [-0.25, -0.2) is 0 Å². The highest BCUT2D eigenvalue weighted by molar-refractivity contribution is 9.11. The Kier molecular flexibility index (Phi) is 6.24. The first-order chi connectivity index (χ1) is 10.9. The number of carbonyl (C=O) groups excluding carboxylic acids is 2.